The van der Waals surface area contributed by atoms with Crippen LogP contribution in [0.3, 0.4) is 0 Å². The Hall–Kier alpha value is -4.20. The fourth-order valence-electron chi connectivity index (χ4n) is 10.6. The average molecular weight is 757 g/mol. The van der Waals surface area contributed by atoms with Gasteiger partial charge in [0, 0.05) is 32.2 Å². The van der Waals surface area contributed by atoms with Crippen LogP contribution in [0.4, 0.5) is 4.79 Å². The molecule has 4 rings (SSSR count). The first-order chi connectivity index (χ1) is 24.9. The summed E-state index contributed by atoms with van der Waals surface area (Å²) >= 11 is 0. The Morgan fingerprint density at radius 3 is 1.64 bits per heavy atom. The number of carboxylic acids is 5. The van der Waals surface area contributed by atoms with Gasteiger partial charge in [-0.1, -0.05) is 12.8 Å². The minimum absolute atomic E-state index is 0.0101. The number of likely N-dealkylation sites (N-methyl/N-ethyl adjacent to an activating group) is 1. The van der Waals surface area contributed by atoms with Crippen LogP contribution in [0.15, 0.2) is 0 Å². The quantitative estimate of drug-likeness (QED) is 0.0475. The summed E-state index contributed by atoms with van der Waals surface area (Å²) in [5.41, 5.74) is 0. The van der Waals surface area contributed by atoms with E-state index < -0.39 is 59.5 Å². The van der Waals surface area contributed by atoms with Crippen molar-refractivity contribution in [2.45, 2.75) is 76.2 Å². The molecular weight excluding hydrogens is 700 g/mol. The molecule has 7 atom stereocenters. The molecule has 4 aliphatic heterocycles. The van der Waals surface area contributed by atoms with Crippen molar-refractivity contribution in [1.82, 2.24) is 10.6 Å². The van der Waals surface area contributed by atoms with Crippen LogP contribution in [0.25, 0.3) is 0 Å². The Bertz CT molecular complexity index is 1470. The minimum atomic E-state index is -1.40. The predicted octanol–water partition coefficient (Wildman–Crippen LogP) is -0.705. The molecular formula is C34H56N6O13+4. The first kappa shape index (κ1) is 41.6. The number of Topliss-reactive ketones (excluding diaryl/α,β-unsaturated/α-hetero) is 2. The number of hydrogen-bond acceptors (Lipinski definition) is 8. The Labute approximate surface area is 307 Å². The van der Waals surface area contributed by atoms with Gasteiger partial charge < -0.3 is 36.2 Å². The van der Waals surface area contributed by atoms with Gasteiger partial charge in [0.25, 0.3) is 0 Å². The molecule has 0 bridgehead atoms. The molecule has 4 aliphatic rings. The molecule has 0 aromatic carbocycles. The minimum Gasteiger partial charge on any atom is -0.481 e. The van der Waals surface area contributed by atoms with Gasteiger partial charge in [0.05, 0.1) is 13.0 Å². The van der Waals surface area contributed by atoms with Crippen molar-refractivity contribution < 1.29 is 81.8 Å². The highest BCUT2D eigenvalue weighted by atomic mass is 16.4. The lowest BCUT2D eigenvalue weighted by Crippen LogP contribution is -2.85. The van der Waals surface area contributed by atoms with Gasteiger partial charge in [-0.05, 0) is 25.7 Å². The van der Waals surface area contributed by atoms with E-state index in [4.69, 9.17) is 5.11 Å². The summed E-state index contributed by atoms with van der Waals surface area (Å²) in [5.74, 6) is -7.67. The number of nitrogens with zero attached hydrogens (tertiary/aromatic N) is 4. The third kappa shape index (κ3) is 8.17. The van der Waals surface area contributed by atoms with Gasteiger partial charge in [-0.15, -0.1) is 8.97 Å². The number of amides is 2. The van der Waals surface area contributed by atoms with Crippen molar-refractivity contribution >= 4 is 47.4 Å². The molecule has 0 radical (unpaired) electrons. The number of carbonyl (C=O) groups is 8. The van der Waals surface area contributed by atoms with Gasteiger partial charge in [-0.3, -0.25) is 19.2 Å². The van der Waals surface area contributed by atoms with E-state index in [0.717, 1.165) is 13.1 Å². The molecule has 0 aromatic rings. The van der Waals surface area contributed by atoms with E-state index in [9.17, 15) is 58.8 Å². The number of hydrogen-bond donors (Lipinski definition) is 7. The zero-order valence-electron chi connectivity index (χ0n) is 30.5. The Morgan fingerprint density at radius 1 is 0.585 bits per heavy atom. The number of aliphatic carboxylic acids is 5. The topological polar surface area (TPSA) is 262 Å². The number of unbranched alkanes of at least 4 members (excludes halogenated alkanes) is 2. The molecule has 19 heteroatoms. The number of urea groups is 1. The molecule has 19 nitrogen and oxygen atoms in total. The van der Waals surface area contributed by atoms with Crippen molar-refractivity contribution in [3.05, 3.63) is 0 Å². The molecule has 4 fully saturated rings. The summed E-state index contributed by atoms with van der Waals surface area (Å²) in [7, 11) is 2.11. The first-order valence-corrected chi connectivity index (χ1v) is 18.5. The van der Waals surface area contributed by atoms with Crippen molar-refractivity contribution in [3.8, 4) is 0 Å². The van der Waals surface area contributed by atoms with Crippen LogP contribution >= 0.6 is 0 Å². The zero-order valence-corrected chi connectivity index (χ0v) is 30.5. The molecule has 296 valence electrons. The summed E-state index contributed by atoms with van der Waals surface area (Å²) < 4.78 is 1.51. The number of rotatable bonds is 24. The van der Waals surface area contributed by atoms with E-state index in [1.807, 2.05) is 0 Å². The van der Waals surface area contributed by atoms with Crippen molar-refractivity contribution in [3.63, 3.8) is 0 Å². The number of carbonyl (C=O) groups excluding carboxylic acids is 3. The van der Waals surface area contributed by atoms with Crippen LogP contribution in [-0.2, 0) is 33.6 Å². The lowest BCUT2D eigenvalue weighted by atomic mass is 9.93. The fraction of sp³-hybridized carbons (Fsp3) is 0.765. The fourth-order valence-corrected chi connectivity index (χ4v) is 10.6. The van der Waals surface area contributed by atoms with Crippen LogP contribution in [0, 0.1) is 5.92 Å². The maximum Gasteiger partial charge on any atom is 0.482 e. The monoisotopic (exact) mass is 756 g/mol. The Kier molecular flexibility index (Phi) is 12.9. The standard InChI is InChI=1S/C34H52N6O13/c1-37-12-14-38(16-17-40(23-30(47)48)19-18-39(15-13-37,22-29(45)46)34(37,38)40)21-26(42)7-4-2-3-6-24(31(49)50)20-25(41)9-10-27(32(51)52)36-33(53)35-11-5-8-28(43)44/h24,27H,2-23H2,1H3,(H3-4,35,36,43,44,45,46,47,48,49,50,51,52,53)/p+4/t24-,27+,34-,37?,38+,39?,40?/m1/s1. The maximum absolute atomic E-state index is 13.7. The van der Waals surface area contributed by atoms with E-state index >= 15 is 0 Å². The van der Waals surface area contributed by atoms with Gasteiger partial charge in [-0.25, -0.2) is 19.2 Å². The zero-order chi connectivity index (χ0) is 39.2. The molecule has 2 amide bonds. The smallest absolute Gasteiger partial charge is 0.481 e. The Balaban J connectivity index is 1.27. The molecule has 0 aromatic heterocycles. The molecule has 4 heterocycles. The van der Waals surface area contributed by atoms with E-state index in [-0.39, 0.29) is 85.9 Å². The summed E-state index contributed by atoms with van der Waals surface area (Å²) in [6.07, 6.45) is 1.03. The molecule has 3 unspecified atom stereocenters. The highest BCUT2D eigenvalue weighted by molar-refractivity contribution is 5.86. The van der Waals surface area contributed by atoms with Gasteiger partial charge >= 0.3 is 41.8 Å². The summed E-state index contributed by atoms with van der Waals surface area (Å²) in [5, 5.41) is 52.5. The summed E-state index contributed by atoms with van der Waals surface area (Å²) in [6, 6.07) is -2.23. The summed E-state index contributed by atoms with van der Waals surface area (Å²) in [6.45, 7) is 5.02. The maximum atomic E-state index is 13.7. The molecule has 4 saturated heterocycles. The second-order valence-corrected chi connectivity index (χ2v) is 15.7. The first-order valence-electron chi connectivity index (χ1n) is 18.5. The van der Waals surface area contributed by atoms with Crippen molar-refractivity contribution in [2.75, 3.05) is 85.6 Å². The van der Waals surface area contributed by atoms with E-state index in [1.165, 1.54) is 0 Å². The number of carboxylic acid groups (broad SMARTS) is 5. The molecule has 7 N–H and O–H groups in total. The second kappa shape index (κ2) is 16.4. The SMILES string of the molecule is C[N+]12CC[N+]3(CC(=O)O)CC[N+]4(CC(=O)O)CC[N@+](CC(=O)CCCCC[C@H](CC(=O)CC[C@H](NC(=O)NCCCC(=O)O)C(=O)O)C(=O)O)(CC1)[C@]234. The number of ketones is 2. The van der Waals surface area contributed by atoms with E-state index in [1.54, 1.807) is 0 Å². The van der Waals surface area contributed by atoms with Crippen LogP contribution in [-0.4, -0.2) is 188 Å². The molecule has 1 spiro atoms. The third-order valence-corrected chi connectivity index (χ3v) is 12.4. The normalized spacial score (nSPS) is 30.5. The number of quaternary nitrogens is 4. The largest absolute Gasteiger partial charge is 0.482 e. The van der Waals surface area contributed by atoms with Gasteiger partial charge in [0.2, 0.25) is 0 Å². The van der Waals surface area contributed by atoms with Gasteiger partial charge in [-0.2, -0.15) is 8.97 Å². The molecule has 53 heavy (non-hydrogen) atoms. The highest BCUT2D eigenvalue weighted by Crippen LogP contribution is 2.61. The van der Waals surface area contributed by atoms with E-state index in [0.29, 0.717) is 67.5 Å². The number of nitrogens with one attached hydrogen (secondary N) is 2. The molecule has 0 aliphatic carbocycles. The van der Waals surface area contributed by atoms with Crippen molar-refractivity contribution in [1.29, 1.82) is 0 Å². The van der Waals surface area contributed by atoms with Crippen molar-refractivity contribution in [2.24, 2.45) is 5.92 Å². The average Bonchev–Trinajstić information content (AvgIpc) is 3.68. The van der Waals surface area contributed by atoms with Crippen LogP contribution in [0.5, 0.6) is 0 Å². The lowest BCUT2D eigenvalue weighted by molar-refractivity contribution is -1.36. The lowest BCUT2D eigenvalue weighted by Gasteiger charge is -2.49. The van der Waals surface area contributed by atoms with Gasteiger partial charge in [0.1, 0.15) is 64.2 Å². The Morgan fingerprint density at radius 2 is 1.13 bits per heavy atom. The second-order valence-electron chi connectivity index (χ2n) is 15.7. The van der Waals surface area contributed by atoms with Crippen LogP contribution in [0.1, 0.15) is 64.2 Å². The third-order valence-electron chi connectivity index (χ3n) is 12.4. The molecule has 0 saturated carbocycles. The van der Waals surface area contributed by atoms with E-state index in [2.05, 4.69) is 17.7 Å². The predicted molar refractivity (Wildman–Crippen MR) is 181 cm³/mol. The summed E-state index contributed by atoms with van der Waals surface area (Å²) in [4.78, 5) is 97.0. The highest BCUT2D eigenvalue weighted by Gasteiger charge is 2.98. The van der Waals surface area contributed by atoms with Gasteiger partial charge in [0.15, 0.2) is 25.4 Å². The van der Waals surface area contributed by atoms with Crippen LogP contribution < -0.4 is 10.6 Å². The van der Waals surface area contributed by atoms with Crippen LogP contribution in [0.2, 0.25) is 0 Å².